The van der Waals surface area contributed by atoms with Gasteiger partial charge in [-0.3, -0.25) is 0 Å². The molecule has 0 aromatic carbocycles. The molecular formula is C8H13N3O3S. The summed E-state index contributed by atoms with van der Waals surface area (Å²) in [5.74, 6) is 0. The summed E-state index contributed by atoms with van der Waals surface area (Å²) >= 11 is 0. The van der Waals surface area contributed by atoms with Crippen molar-refractivity contribution in [1.29, 1.82) is 0 Å². The molecule has 1 aromatic rings. The van der Waals surface area contributed by atoms with Gasteiger partial charge in [-0.25, -0.2) is 18.4 Å². The second kappa shape index (κ2) is 4.21. The molecule has 0 amide bonds. The predicted molar refractivity (Wildman–Crippen MR) is 53.8 cm³/mol. The van der Waals surface area contributed by atoms with Gasteiger partial charge in [-0.15, -0.1) is 0 Å². The summed E-state index contributed by atoms with van der Waals surface area (Å²) in [6.45, 7) is 1.60. The fraction of sp³-hybridized carbons (Fsp3) is 0.500. The van der Waals surface area contributed by atoms with E-state index in [1.165, 1.54) is 12.3 Å². The Morgan fingerprint density at radius 2 is 2.13 bits per heavy atom. The molecule has 15 heavy (non-hydrogen) atoms. The van der Waals surface area contributed by atoms with E-state index in [1.807, 2.05) is 0 Å². The van der Waals surface area contributed by atoms with Gasteiger partial charge in [0.05, 0.1) is 5.69 Å². The fourth-order valence-corrected chi connectivity index (χ4v) is 1.49. The zero-order valence-corrected chi connectivity index (χ0v) is 9.27. The number of sulfone groups is 1. The maximum atomic E-state index is 11.1. The van der Waals surface area contributed by atoms with Gasteiger partial charge in [0.15, 0.2) is 0 Å². The second-order valence-corrected chi connectivity index (χ2v) is 5.25. The van der Waals surface area contributed by atoms with Crippen molar-refractivity contribution in [2.45, 2.75) is 24.2 Å². The molecule has 0 radical (unpaired) electrons. The Balaban J connectivity index is 3.14. The number of hydrogen-bond donors (Lipinski definition) is 2. The van der Waals surface area contributed by atoms with E-state index in [0.717, 1.165) is 6.26 Å². The lowest BCUT2D eigenvalue weighted by molar-refractivity contribution is 0.147. The van der Waals surface area contributed by atoms with Crippen LogP contribution in [0.4, 0.5) is 0 Å². The van der Waals surface area contributed by atoms with Gasteiger partial charge in [-0.2, -0.15) is 0 Å². The monoisotopic (exact) mass is 231 g/mol. The molecule has 2 unspecified atom stereocenters. The first kappa shape index (κ1) is 12.0. The first-order chi connectivity index (χ1) is 6.82. The average Bonchev–Trinajstić information content (AvgIpc) is 2.15. The predicted octanol–water partition coefficient (Wildman–Crippen LogP) is -0.739. The Hall–Kier alpha value is -1.05. The highest BCUT2D eigenvalue weighted by Gasteiger charge is 2.17. The van der Waals surface area contributed by atoms with Gasteiger partial charge in [-0.05, 0) is 13.0 Å². The van der Waals surface area contributed by atoms with Crippen LogP contribution in [0.2, 0.25) is 0 Å². The molecule has 3 N–H and O–H groups in total. The molecule has 0 saturated carbocycles. The summed E-state index contributed by atoms with van der Waals surface area (Å²) in [6.07, 6.45) is 1.29. The highest BCUT2D eigenvalue weighted by Crippen LogP contribution is 2.13. The molecule has 84 valence electrons. The zero-order chi connectivity index (χ0) is 11.6. The van der Waals surface area contributed by atoms with Crippen LogP contribution in [0, 0.1) is 0 Å². The van der Waals surface area contributed by atoms with Crippen molar-refractivity contribution < 1.29 is 13.5 Å². The number of nitrogens with two attached hydrogens (primary N) is 1. The molecule has 0 aliphatic carbocycles. The number of aromatic nitrogens is 2. The minimum Gasteiger partial charge on any atom is -0.385 e. The summed E-state index contributed by atoms with van der Waals surface area (Å²) in [4.78, 5) is 7.34. The molecule has 7 heteroatoms. The lowest BCUT2D eigenvalue weighted by atomic mass is 10.1. The molecule has 0 aliphatic heterocycles. The van der Waals surface area contributed by atoms with E-state index in [0.29, 0.717) is 0 Å². The van der Waals surface area contributed by atoms with Crippen LogP contribution in [0.25, 0.3) is 0 Å². The van der Waals surface area contributed by atoms with Gasteiger partial charge in [0, 0.05) is 18.5 Å². The van der Waals surface area contributed by atoms with E-state index >= 15 is 0 Å². The van der Waals surface area contributed by atoms with Crippen LogP contribution in [0.5, 0.6) is 0 Å². The summed E-state index contributed by atoms with van der Waals surface area (Å²) in [6, 6.07) is 0.912. The molecule has 0 aliphatic rings. The van der Waals surface area contributed by atoms with Crippen LogP contribution in [-0.4, -0.2) is 35.8 Å². The molecule has 1 aromatic heterocycles. The van der Waals surface area contributed by atoms with Crippen molar-refractivity contribution in [3.05, 3.63) is 18.0 Å². The minimum atomic E-state index is -3.46. The van der Waals surface area contributed by atoms with E-state index < -0.39 is 22.0 Å². The van der Waals surface area contributed by atoms with Crippen molar-refractivity contribution in [1.82, 2.24) is 9.97 Å². The van der Waals surface area contributed by atoms with Crippen molar-refractivity contribution in [2.75, 3.05) is 6.26 Å². The highest BCUT2D eigenvalue weighted by molar-refractivity contribution is 7.90. The second-order valence-electron chi connectivity index (χ2n) is 3.34. The fourth-order valence-electron chi connectivity index (χ4n) is 0.967. The summed E-state index contributed by atoms with van der Waals surface area (Å²) < 4.78 is 22.3. The van der Waals surface area contributed by atoms with Crippen LogP contribution in [-0.2, 0) is 9.84 Å². The van der Waals surface area contributed by atoms with Crippen LogP contribution >= 0.6 is 0 Å². The molecule has 0 bridgehead atoms. The number of hydrogen-bond acceptors (Lipinski definition) is 6. The van der Waals surface area contributed by atoms with E-state index in [9.17, 15) is 13.5 Å². The highest BCUT2D eigenvalue weighted by atomic mass is 32.2. The Labute approximate surface area is 88.1 Å². The largest absolute Gasteiger partial charge is 0.385 e. The van der Waals surface area contributed by atoms with Gasteiger partial charge in [0.2, 0.25) is 15.0 Å². The first-order valence-electron chi connectivity index (χ1n) is 4.29. The van der Waals surface area contributed by atoms with Crippen molar-refractivity contribution in [3.8, 4) is 0 Å². The Bertz CT molecular complexity index is 444. The first-order valence-corrected chi connectivity index (χ1v) is 6.18. The van der Waals surface area contributed by atoms with Crippen LogP contribution in [0.15, 0.2) is 17.4 Å². The van der Waals surface area contributed by atoms with Gasteiger partial charge < -0.3 is 10.8 Å². The topological polar surface area (TPSA) is 106 Å². The third-order valence-corrected chi connectivity index (χ3v) is 2.65. The average molecular weight is 231 g/mol. The summed E-state index contributed by atoms with van der Waals surface area (Å²) in [5, 5.41) is 9.27. The molecule has 2 atom stereocenters. The number of nitrogens with zero attached hydrogens (tertiary/aromatic N) is 2. The molecular weight excluding hydrogens is 218 g/mol. The Morgan fingerprint density at radius 1 is 1.53 bits per heavy atom. The number of aliphatic hydroxyl groups excluding tert-OH is 1. The van der Waals surface area contributed by atoms with Gasteiger partial charge in [-0.1, -0.05) is 0 Å². The van der Waals surface area contributed by atoms with E-state index in [2.05, 4.69) is 9.97 Å². The molecule has 0 fully saturated rings. The van der Waals surface area contributed by atoms with Crippen LogP contribution < -0.4 is 5.73 Å². The van der Waals surface area contributed by atoms with Crippen molar-refractivity contribution in [2.24, 2.45) is 5.73 Å². The molecule has 0 saturated heterocycles. The summed E-state index contributed by atoms with van der Waals surface area (Å²) in [7, 11) is -3.46. The zero-order valence-electron chi connectivity index (χ0n) is 8.45. The van der Waals surface area contributed by atoms with Crippen molar-refractivity contribution >= 4 is 9.84 Å². The Kier molecular flexibility index (Phi) is 3.38. The minimum absolute atomic E-state index is 0.209. The smallest absolute Gasteiger partial charge is 0.247 e. The molecule has 1 rings (SSSR count). The molecule has 6 nitrogen and oxygen atoms in total. The third-order valence-electron chi connectivity index (χ3n) is 1.79. The summed E-state index contributed by atoms with van der Waals surface area (Å²) in [5.41, 5.74) is 5.68. The molecule has 0 spiro atoms. The lowest BCUT2D eigenvalue weighted by Gasteiger charge is -2.13. The van der Waals surface area contributed by atoms with E-state index in [-0.39, 0.29) is 10.9 Å². The lowest BCUT2D eigenvalue weighted by Crippen LogP contribution is -2.25. The molecule has 1 heterocycles. The van der Waals surface area contributed by atoms with E-state index in [4.69, 9.17) is 5.73 Å². The van der Waals surface area contributed by atoms with Crippen molar-refractivity contribution in [3.63, 3.8) is 0 Å². The van der Waals surface area contributed by atoms with Gasteiger partial charge >= 0.3 is 0 Å². The SMILES string of the molecule is CC(N)C(O)c1ccnc(S(C)(=O)=O)n1. The quantitative estimate of drug-likeness (QED) is 0.664. The number of rotatable bonds is 3. The Morgan fingerprint density at radius 3 is 2.60 bits per heavy atom. The normalized spacial score (nSPS) is 16.0. The maximum Gasteiger partial charge on any atom is 0.247 e. The van der Waals surface area contributed by atoms with Crippen LogP contribution in [0.3, 0.4) is 0 Å². The van der Waals surface area contributed by atoms with Gasteiger partial charge in [0.1, 0.15) is 6.10 Å². The van der Waals surface area contributed by atoms with Gasteiger partial charge in [0.25, 0.3) is 0 Å². The standard InChI is InChI=1S/C8H13N3O3S/c1-5(9)7(12)6-3-4-10-8(11-6)15(2,13)14/h3-5,7,12H,9H2,1-2H3. The number of aliphatic hydroxyl groups is 1. The maximum absolute atomic E-state index is 11.1. The third kappa shape index (κ3) is 2.95. The van der Waals surface area contributed by atoms with E-state index in [1.54, 1.807) is 6.92 Å². The van der Waals surface area contributed by atoms with Crippen LogP contribution in [0.1, 0.15) is 18.7 Å².